The molecule has 3 heterocycles. The Balaban J connectivity index is 1.88. The first kappa shape index (κ1) is 12.0. The third kappa shape index (κ3) is 1.95. The van der Waals surface area contributed by atoms with Gasteiger partial charge in [0.15, 0.2) is 0 Å². The summed E-state index contributed by atoms with van der Waals surface area (Å²) in [7, 11) is 0. The highest BCUT2D eigenvalue weighted by Crippen LogP contribution is 2.24. The van der Waals surface area contributed by atoms with Crippen molar-refractivity contribution in [2.45, 2.75) is 26.5 Å². The SMILES string of the molecule is CCOC(=O)N1CCc2c(oc3cc(CO)nn23)C1. The van der Waals surface area contributed by atoms with Gasteiger partial charge in [0.1, 0.15) is 5.76 Å². The number of ether oxygens (including phenoxy) is 1. The molecule has 2 aromatic heterocycles. The lowest BCUT2D eigenvalue weighted by Crippen LogP contribution is -2.36. The maximum atomic E-state index is 11.7. The Kier molecular flexibility index (Phi) is 2.90. The summed E-state index contributed by atoms with van der Waals surface area (Å²) < 4.78 is 12.3. The molecule has 0 radical (unpaired) electrons. The van der Waals surface area contributed by atoms with Crippen molar-refractivity contribution in [3.63, 3.8) is 0 Å². The van der Waals surface area contributed by atoms with Crippen LogP contribution in [0, 0.1) is 0 Å². The second-order valence-corrected chi connectivity index (χ2v) is 4.39. The molecule has 102 valence electrons. The molecule has 7 nitrogen and oxygen atoms in total. The smallest absolute Gasteiger partial charge is 0.410 e. The highest BCUT2D eigenvalue weighted by atomic mass is 16.6. The molecular weight excluding hydrogens is 250 g/mol. The minimum absolute atomic E-state index is 0.110. The predicted molar refractivity (Wildman–Crippen MR) is 64.5 cm³/mol. The third-order valence-corrected chi connectivity index (χ3v) is 3.17. The largest absolute Gasteiger partial charge is 0.450 e. The van der Waals surface area contributed by atoms with Gasteiger partial charge in [-0.3, -0.25) is 0 Å². The number of aromatic nitrogens is 2. The van der Waals surface area contributed by atoms with E-state index in [-0.39, 0.29) is 12.7 Å². The van der Waals surface area contributed by atoms with Crippen molar-refractivity contribution in [2.24, 2.45) is 0 Å². The fourth-order valence-corrected chi connectivity index (χ4v) is 2.29. The normalized spacial score (nSPS) is 14.7. The van der Waals surface area contributed by atoms with Crippen molar-refractivity contribution >= 4 is 11.8 Å². The second-order valence-electron chi connectivity index (χ2n) is 4.39. The summed E-state index contributed by atoms with van der Waals surface area (Å²) in [6.07, 6.45) is 0.339. The minimum atomic E-state index is -0.321. The van der Waals surface area contributed by atoms with E-state index in [1.54, 1.807) is 22.4 Å². The van der Waals surface area contributed by atoms with Gasteiger partial charge >= 0.3 is 6.09 Å². The third-order valence-electron chi connectivity index (χ3n) is 3.17. The number of aliphatic hydroxyl groups is 1. The maximum absolute atomic E-state index is 11.7. The van der Waals surface area contributed by atoms with Crippen LogP contribution in [0.4, 0.5) is 4.79 Å². The van der Waals surface area contributed by atoms with E-state index >= 15 is 0 Å². The first-order chi connectivity index (χ1) is 9.22. The minimum Gasteiger partial charge on any atom is -0.450 e. The van der Waals surface area contributed by atoms with Gasteiger partial charge in [0.25, 0.3) is 0 Å². The molecule has 7 heteroatoms. The van der Waals surface area contributed by atoms with E-state index < -0.39 is 0 Å². The van der Waals surface area contributed by atoms with Gasteiger partial charge in [0, 0.05) is 19.0 Å². The lowest BCUT2D eigenvalue weighted by molar-refractivity contribution is 0.0990. The number of hydrogen-bond acceptors (Lipinski definition) is 5. The van der Waals surface area contributed by atoms with Crippen LogP contribution in [0.25, 0.3) is 5.71 Å². The molecule has 1 aliphatic rings. The fourth-order valence-electron chi connectivity index (χ4n) is 2.29. The van der Waals surface area contributed by atoms with Crippen LogP contribution in [0.15, 0.2) is 10.5 Å². The molecule has 0 unspecified atom stereocenters. The molecule has 3 rings (SSSR count). The average Bonchev–Trinajstić information content (AvgIpc) is 2.94. The molecule has 0 bridgehead atoms. The monoisotopic (exact) mass is 265 g/mol. The molecule has 1 N–H and O–H groups in total. The summed E-state index contributed by atoms with van der Waals surface area (Å²) in [6.45, 7) is 3.01. The molecule has 1 aliphatic heterocycles. The lowest BCUT2D eigenvalue weighted by atomic mass is 10.2. The molecular formula is C12H15N3O4. The number of oxazole rings is 1. The number of carbonyl (C=O) groups is 1. The van der Waals surface area contributed by atoms with Gasteiger partial charge in [-0.1, -0.05) is 0 Å². The average molecular weight is 265 g/mol. The molecule has 0 aliphatic carbocycles. The molecule has 0 aromatic carbocycles. The quantitative estimate of drug-likeness (QED) is 0.873. The van der Waals surface area contributed by atoms with Crippen molar-refractivity contribution < 1.29 is 19.1 Å². The summed E-state index contributed by atoms with van der Waals surface area (Å²) in [5.74, 6) is 0.728. The van der Waals surface area contributed by atoms with Crippen molar-refractivity contribution in [3.05, 3.63) is 23.2 Å². The van der Waals surface area contributed by atoms with Crippen molar-refractivity contribution in [2.75, 3.05) is 13.2 Å². The van der Waals surface area contributed by atoms with E-state index in [2.05, 4.69) is 5.10 Å². The molecule has 0 fully saturated rings. The Hall–Kier alpha value is -2.02. The van der Waals surface area contributed by atoms with Crippen LogP contribution in [0.5, 0.6) is 0 Å². The van der Waals surface area contributed by atoms with Crippen LogP contribution in [0.1, 0.15) is 24.1 Å². The molecule has 0 spiro atoms. The van der Waals surface area contributed by atoms with Crippen LogP contribution < -0.4 is 0 Å². The second kappa shape index (κ2) is 4.58. The number of hydrogen-bond donors (Lipinski definition) is 1. The van der Waals surface area contributed by atoms with Crippen molar-refractivity contribution in [3.8, 4) is 0 Å². The first-order valence-corrected chi connectivity index (χ1v) is 6.24. The van der Waals surface area contributed by atoms with E-state index in [0.29, 0.717) is 37.5 Å². The van der Waals surface area contributed by atoms with Crippen molar-refractivity contribution in [1.29, 1.82) is 0 Å². The van der Waals surface area contributed by atoms with Crippen LogP contribution >= 0.6 is 0 Å². The standard InChI is InChI=1S/C12H15N3O4/c1-2-18-12(17)14-4-3-9-10(6-14)19-11-5-8(7-16)13-15(9)11/h5,16H,2-4,6-7H2,1H3. The Bertz CT molecular complexity index is 616. The Morgan fingerprint density at radius 3 is 3.21 bits per heavy atom. The number of fused-ring (bicyclic) bond motifs is 3. The predicted octanol–water partition coefficient (Wildman–Crippen LogP) is 0.934. The van der Waals surface area contributed by atoms with Gasteiger partial charge in [-0.2, -0.15) is 5.10 Å². The van der Waals surface area contributed by atoms with Gasteiger partial charge in [0.2, 0.25) is 5.71 Å². The zero-order valence-corrected chi connectivity index (χ0v) is 10.6. The molecule has 19 heavy (non-hydrogen) atoms. The van der Waals surface area contributed by atoms with Crippen LogP contribution in [-0.2, 0) is 24.3 Å². The summed E-state index contributed by atoms with van der Waals surface area (Å²) in [6, 6.07) is 1.70. The number of amides is 1. The Morgan fingerprint density at radius 1 is 1.63 bits per heavy atom. The number of rotatable bonds is 2. The highest BCUT2D eigenvalue weighted by molar-refractivity contribution is 5.68. The van der Waals surface area contributed by atoms with Gasteiger partial charge in [-0.25, -0.2) is 9.31 Å². The molecule has 0 saturated heterocycles. The summed E-state index contributed by atoms with van der Waals surface area (Å²) >= 11 is 0. The van der Waals surface area contributed by atoms with Crippen LogP contribution in [-0.4, -0.2) is 38.9 Å². The Labute approximate surface area is 109 Å². The molecule has 2 aromatic rings. The van der Waals surface area contributed by atoms with Crippen molar-refractivity contribution in [1.82, 2.24) is 14.5 Å². The number of carbonyl (C=O) groups excluding carboxylic acids is 1. The van der Waals surface area contributed by atoms with Gasteiger partial charge in [-0.05, 0) is 6.92 Å². The number of aliphatic hydroxyl groups excluding tert-OH is 1. The summed E-state index contributed by atoms with van der Waals surface area (Å²) in [4.78, 5) is 13.3. The van der Waals surface area contributed by atoms with Gasteiger partial charge in [-0.15, -0.1) is 0 Å². The Morgan fingerprint density at radius 2 is 2.47 bits per heavy atom. The first-order valence-electron chi connectivity index (χ1n) is 6.24. The lowest BCUT2D eigenvalue weighted by Gasteiger charge is -2.24. The van der Waals surface area contributed by atoms with Gasteiger partial charge in [0.05, 0.1) is 31.1 Å². The summed E-state index contributed by atoms with van der Waals surface area (Å²) in [5.41, 5.74) is 2.13. The molecule has 0 saturated carbocycles. The van der Waals surface area contributed by atoms with E-state index in [1.165, 1.54) is 0 Å². The van der Waals surface area contributed by atoms with Gasteiger partial charge < -0.3 is 19.2 Å². The topological polar surface area (TPSA) is 80.2 Å². The zero-order chi connectivity index (χ0) is 13.4. The molecule has 1 amide bonds. The van der Waals surface area contributed by atoms with Crippen LogP contribution in [0.2, 0.25) is 0 Å². The van der Waals surface area contributed by atoms with E-state index in [1.807, 2.05) is 0 Å². The number of nitrogens with zero attached hydrogens (tertiary/aromatic N) is 3. The van der Waals surface area contributed by atoms with E-state index in [4.69, 9.17) is 14.3 Å². The fraction of sp³-hybridized carbons (Fsp3) is 0.500. The highest BCUT2D eigenvalue weighted by Gasteiger charge is 2.27. The zero-order valence-electron chi connectivity index (χ0n) is 10.6. The van der Waals surface area contributed by atoms with E-state index in [0.717, 1.165) is 11.5 Å². The van der Waals surface area contributed by atoms with Crippen LogP contribution in [0.3, 0.4) is 0 Å². The summed E-state index contributed by atoms with van der Waals surface area (Å²) in [5, 5.41) is 13.3. The van der Waals surface area contributed by atoms with E-state index in [9.17, 15) is 4.79 Å². The molecule has 0 atom stereocenters. The maximum Gasteiger partial charge on any atom is 0.410 e.